The summed E-state index contributed by atoms with van der Waals surface area (Å²) in [5, 5.41) is 46.0. The fourth-order valence-corrected chi connectivity index (χ4v) is 7.19. The molecule has 10 nitrogen and oxygen atoms in total. The van der Waals surface area contributed by atoms with Crippen LogP contribution in [0.4, 0.5) is 5.69 Å². The van der Waals surface area contributed by atoms with Gasteiger partial charge in [0.05, 0.1) is 11.7 Å². The van der Waals surface area contributed by atoms with Crippen LogP contribution in [0.5, 0.6) is 5.75 Å². The van der Waals surface area contributed by atoms with E-state index in [1.54, 1.807) is 19.0 Å². The largest absolute Gasteiger partial charge is 0.507 e. The van der Waals surface area contributed by atoms with Crippen molar-refractivity contribution < 1.29 is 34.8 Å². The van der Waals surface area contributed by atoms with Gasteiger partial charge in [-0.2, -0.15) is 0 Å². The molecule has 0 radical (unpaired) electrons. The molecule has 0 aromatic heterocycles. The molecule has 41 heavy (non-hydrogen) atoms. The lowest BCUT2D eigenvalue weighted by molar-refractivity contribution is -0.184. The van der Waals surface area contributed by atoms with E-state index in [-0.39, 0.29) is 29.7 Å². The van der Waals surface area contributed by atoms with Gasteiger partial charge in [0.1, 0.15) is 17.4 Å². The average Bonchev–Trinajstić information content (AvgIpc) is 2.90. The van der Waals surface area contributed by atoms with Crippen LogP contribution in [0, 0.1) is 17.8 Å². The van der Waals surface area contributed by atoms with E-state index in [4.69, 9.17) is 5.73 Å². The van der Waals surface area contributed by atoms with Crippen LogP contribution in [0.25, 0.3) is 16.9 Å². The normalized spacial score (nSPS) is 29.2. The lowest BCUT2D eigenvalue weighted by Gasteiger charge is -2.53. The van der Waals surface area contributed by atoms with Gasteiger partial charge in [0, 0.05) is 42.9 Å². The second-order valence-corrected chi connectivity index (χ2v) is 11.9. The highest BCUT2D eigenvalue weighted by Gasteiger charge is 2.67. The van der Waals surface area contributed by atoms with E-state index >= 15 is 0 Å². The summed E-state index contributed by atoms with van der Waals surface area (Å²) >= 11 is 0. The maximum atomic E-state index is 14.1. The third-order valence-corrected chi connectivity index (χ3v) is 9.22. The number of rotatable bonds is 5. The highest BCUT2D eigenvalue weighted by atomic mass is 16.3. The minimum atomic E-state index is -2.68. The average molecular weight is 564 g/mol. The summed E-state index contributed by atoms with van der Waals surface area (Å²) < 4.78 is 0. The molecule has 0 spiro atoms. The number of amides is 1. The van der Waals surface area contributed by atoms with Gasteiger partial charge in [0.25, 0.3) is 0 Å². The summed E-state index contributed by atoms with van der Waals surface area (Å²) in [7, 11) is 6.95. The first-order valence-corrected chi connectivity index (χ1v) is 13.8. The number of phenolic OH excluding ortho intramolecular Hbond substituents is 1. The fourth-order valence-electron chi connectivity index (χ4n) is 7.19. The molecule has 0 bridgehead atoms. The second kappa shape index (κ2) is 9.97. The fraction of sp³-hybridized carbons (Fsp3) is 0.452. The van der Waals surface area contributed by atoms with Gasteiger partial charge in [-0.15, -0.1) is 0 Å². The molecule has 1 amide bonds. The van der Waals surface area contributed by atoms with Crippen LogP contribution in [0.2, 0.25) is 0 Å². The van der Waals surface area contributed by atoms with E-state index < -0.39 is 58.7 Å². The Balaban J connectivity index is 1.72. The summed E-state index contributed by atoms with van der Waals surface area (Å²) in [4.78, 5) is 43.3. The molecule has 2 fully saturated rings. The maximum Gasteiger partial charge on any atom is 0.230 e. The molecule has 2 saturated carbocycles. The van der Waals surface area contributed by atoms with Gasteiger partial charge in [-0.1, -0.05) is 31.2 Å². The van der Waals surface area contributed by atoms with Gasteiger partial charge in [0.15, 0.2) is 11.4 Å². The number of hydrogen-bond donors (Lipinski definition) is 5. The number of aromatic hydroxyl groups is 1. The van der Waals surface area contributed by atoms with Gasteiger partial charge in [0.2, 0.25) is 11.7 Å². The Morgan fingerprint density at radius 2 is 1.73 bits per heavy atom. The van der Waals surface area contributed by atoms with Crippen molar-refractivity contribution >= 4 is 28.9 Å². The van der Waals surface area contributed by atoms with Crippen molar-refractivity contribution in [3.63, 3.8) is 0 Å². The van der Waals surface area contributed by atoms with E-state index in [9.17, 15) is 34.8 Å². The molecule has 218 valence electrons. The highest BCUT2D eigenvalue weighted by Crippen LogP contribution is 2.54. The van der Waals surface area contributed by atoms with Crippen molar-refractivity contribution in [1.29, 1.82) is 0 Å². The van der Waals surface area contributed by atoms with E-state index in [2.05, 4.69) is 0 Å². The van der Waals surface area contributed by atoms with Crippen molar-refractivity contribution in [2.75, 3.05) is 33.1 Å². The summed E-state index contributed by atoms with van der Waals surface area (Å²) in [5.74, 6) is -7.52. The molecule has 0 aliphatic heterocycles. The molecule has 3 aliphatic carbocycles. The Labute approximate surface area is 238 Å². The zero-order chi connectivity index (χ0) is 30.1. The summed E-state index contributed by atoms with van der Waals surface area (Å²) in [6.07, 6.45) is -0.356. The molecular weight excluding hydrogens is 526 g/mol. The van der Waals surface area contributed by atoms with Crippen LogP contribution >= 0.6 is 0 Å². The first kappa shape index (κ1) is 28.8. The van der Waals surface area contributed by atoms with Gasteiger partial charge in [-0.25, -0.2) is 0 Å². The lowest BCUT2D eigenvalue weighted by Crippen LogP contribution is -2.73. The third kappa shape index (κ3) is 4.07. The highest BCUT2D eigenvalue weighted by molar-refractivity contribution is 6.25. The lowest BCUT2D eigenvalue weighted by atomic mass is 9.54. The molecule has 5 rings (SSSR count). The Kier molecular flexibility index (Phi) is 7.00. The third-order valence-electron chi connectivity index (χ3n) is 9.22. The van der Waals surface area contributed by atoms with E-state index in [0.29, 0.717) is 16.7 Å². The summed E-state index contributed by atoms with van der Waals surface area (Å²) in [6.45, 7) is 2.04. The minimum Gasteiger partial charge on any atom is -0.507 e. The van der Waals surface area contributed by atoms with Crippen LogP contribution in [0.3, 0.4) is 0 Å². The molecule has 10 heteroatoms. The minimum absolute atomic E-state index is 0.0753. The monoisotopic (exact) mass is 563 g/mol. The van der Waals surface area contributed by atoms with Crippen molar-refractivity contribution in [3.05, 3.63) is 52.6 Å². The van der Waals surface area contributed by atoms with Crippen LogP contribution in [0.15, 0.2) is 35.9 Å². The topological polar surface area (TPSA) is 165 Å². The molecular formula is C31H37N3O7. The summed E-state index contributed by atoms with van der Waals surface area (Å²) in [6, 6.07) is 8.59. The van der Waals surface area contributed by atoms with Crippen LogP contribution in [0.1, 0.15) is 30.0 Å². The Morgan fingerprint density at radius 3 is 2.27 bits per heavy atom. The van der Waals surface area contributed by atoms with Crippen molar-refractivity contribution in [2.24, 2.45) is 23.5 Å². The van der Waals surface area contributed by atoms with Crippen LogP contribution < -0.4 is 10.6 Å². The van der Waals surface area contributed by atoms with Gasteiger partial charge >= 0.3 is 0 Å². The Hall–Kier alpha value is -3.73. The zero-order valence-electron chi connectivity index (χ0n) is 23.9. The van der Waals surface area contributed by atoms with Gasteiger partial charge in [-0.05, 0) is 62.0 Å². The molecule has 0 saturated heterocycles. The number of hydrogen-bond acceptors (Lipinski definition) is 9. The first-order chi connectivity index (χ1) is 19.2. The Bertz CT molecular complexity index is 1480. The number of aryl methyl sites for hydroxylation is 1. The number of primary amides is 1. The smallest absolute Gasteiger partial charge is 0.230 e. The zero-order valence-corrected chi connectivity index (χ0v) is 23.9. The number of phenols is 1. The number of carbonyl (C=O) groups excluding carboxylic acids is 3. The molecule has 2 aromatic rings. The molecule has 2 aromatic carbocycles. The predicted molar refractivity (Wildman–Crippen MR) is 153 cm³/mol. The molecule has 6 N–H and O–H groups in total. The van der Waals surface area contributed by atoms with Gasteiger partial charge in [-0.3, -0.25) is 14.4 Å². The van der Waals surface area contributed by atoms with E-state index in [0.717, 1.165) is 17.7 Å². The van der Waals surface area contributed by atoms with Crippen LogP contribution in [-0.2, 0) is 27.2 Å². The van der Waals surface area contributed by atoms with Gasteiger partial charge < -0.3 is 36.0 Å². The van der Waals surface area contributed by atoms with Crippen molar-refractivity contribution in [3.8, 4) is 16.9 Å². The number of ketones is 2. The standard InChI is InChI=1S/C31H37N3O7/c1-6-14-7-9-15(10-8-14)17-13-20(33(2)3)18-11-16-12-19-24(34(4)5)27(37)23(30(32)40)29(39)31(19,41)28(38)21(16)26(36)22(18)25(17)35/h7-10,13,16,19,23-24,27,35-37,41H,6,11-12H2,1-5H3,(H2,32,40)/t16-,19-,23?,24-,27?,31-/m1/s1. The molecule has 2 unspecified atom stereocenters. The maximum absolute atomic E-state index is 14.1. The second-order valence-electron chi connectivity index (χ2n) is 11.9. The number of likely N-dealkylation sites (N-methyl/N-ethyl adjacent to an activating group) is 1. The number of nitrogens with two attached hydrogens (primary N) is 1. The SMILES string of the molecule is CCc1ccc(-c2cc(N(C)C)c3c(c2O)C(O)=C2C(=O)[C@@]4(O)C(=O)C(C(N)=O)C(O)[C@H](N(C)C)[C@H]4C[C@H]2C3)cc1. The Morgan fingerprint density at radius 1 is 1.10 bits per heavy atom. The van der Waals surface area contributed by atoms with Crippen LogP contribution in [-0.4, -0.2) is 88.7 Å². The molecule has 0 heterocycles. The quantitative estimate of drug-likeness (QED) is 0.338. The number of carbonyl (C=O) groups is 3. The number of fused-ring (bicyclic) bond motifs is 3. The van der Waals surface area contributed by atoms with Crippen molar-refractivity contribution in [1.82, 2.24) is 4.90 Å². The molecule has 6 atom stereocenters. The predicted octanol–water partition coefficient (Wildman–Crippen LogP) is 1.42. The summed E-state index contributed by atoms with van der Waals surface area (Å²) in [5.41, 5.74) is 6.34. The molecule has 3 aliphatic rings. The van der Waals surface area contributed by atoms with E-state index in [1.165, 1.54) is 0 Å². The van der Waals surface area contributed by atoms with E-state index in [1.807, 2.05) is 56.3 Å². The number of aliphatic hydroxyl groups is 3. The number of Topliss-reactive ketones (excluding diaryl/α,β-unsaturated/α-hetero) is 2. The number of nitrogens with zero attached hydrogens (tertiary/aromatic N) is 2. The first-order valence-electron chi connectivity index (χ1n) is 13.8. The number of aliphatic hydroxyl groups excluding tert-OH is 2. The van der Waals surface area contributed by atoms with Crippen molar-refractivity contribution in [2.45, 2.75) is 43.9 Å². The number of anilines is 1. The number of benzene rings is 2.